The molecular weight excluding hydrogens is 265 g/mol. The molecule has 0 amide bonds. The predicted octanol–water partition coefficient (Wildman–Crippen LogP) is 3.23. The van der Waals surface area contributed by atoms with Crippen LogP contribution in [0.2, 0.25) is 0 Å². The highest BCUT2D eigenvalue weighted by molar-refractivity contribution is 5.47. The van der Waals surface area contributed by atoms with E-state index in [2.05, 4.69) is 22.8 Å². The van der Waals surface area contributed by atoms with Gasteiger partial charge >= 0.3 is 0 Å². The van der Waals surface area contributed by atoms with Crippen LogP contribution < -0.4 is 5.32 Å². The van der Waals surface area contributed by atoms with Crippen LogP contribution in [0.15, 0.2) is 48.7 Å². The highest BCUT2D eigenvalue weighted by Crippen LogP contribution is 2.30. The van der Waals surface area contributed by atoms with Crippen molar-refractivity contribution in [3.63, 3.8) is 0 Å². The van der Waals surface area contributed by atoms with Crippen LogP contribution in [0.25, 0.3) is 0 Å². The number of hydrogen-bond acceptors (Lipinski definition) is 2. The molecule has 1 unspecified atom stereocenters. The van der Waals surface area contributed by atoms with E-state index in [0.29, 0.717) is 12.1 Å². The summed E-state index contributed by atoms with van der Waals surface area (Å²) in [6.45, 7) is 8.02. The molecule has 0 aliphatic heterocycles. The number of imidazole rings is 1. The van der Waals surface area contributed by atoms with Crippen LogP contribution in [0, 0.1) is 12.3 Å². The summed E-state index contributed by atoms with van der Waals surface area (Å²) in [5, 5.41) is 3.35. The number of allylic oxidation sites excluding steroid dienone is 3. The fourth-order valence-electron chi connectivity index (χ4n) is 2.20. The third kappa shape index (κ3) is 3.50. The Bertz CT molecular complexity index is 589. The Balaban J connectivity index is 3.47. The van der Waals surface area contributed by atoms with E-state index in [1.165, 1.54) is 6.08 Å². The first-order chi connectivity index (χ1) is 10.1. The lowest BCUT2D eigenvalue weighted by atomic mass is 9.86. The summed E-state index contributed by atoms with van der Waals surface area (Å²) in [6.07, 6.45) is 14.5. The third-order valence-electron chi connectivity index (χ3n) is 3.29. The van der Waals surface area contributed by atoms with Gasteiger partial charge in [-0.05, 0) is 37.6 Å². The second-order valence-corrected chi connectivity index (χ2v) is 4.69. The minimum Gasteiger partial charge on any atom is -0.335 e. The fraction of sp³-hybridized carbons (Fsp3) is 0.353. The van der Waals surface area contributed by atoms with E-state index in [-0.39, 0.29) is 0 Å². The van der Waals surface area contributed by atoms with E-state index in [0.717, 1.165) is 18.2 Å². The van der Waals surface area contributed by atoms with Gasteiger partial charge in [0.1, 0.15) is 11.4 Å². The maximum atomic E-state index is 13.7. The molecule has 1 aromatic rings. The number of rotatable bonds is 7. The highest BCUT2D eigenvalue weighted by atomic mass is 19.1. The van der Waals surface area contributed by atoms with Crippen LogP contribution in [0.5, 0.6) is 0 Å². The minimum atomic E-state index is -0.920. The molecule has 1 atom stereocenters. The Morgan fingerprint density at radius 3 is 2.81 bits per heavy atom. The molecule has 1 heterocycles. The average Bonchev–Trinajstić information content (AvgIpc) is 2.93. The second kappa shape index (κ2) is 7.61. The lowest BCUT2D eigenvalue weighted by Crippen LogP contribution is -2.44. The molecule has 0 saturated carbocycles. The number of nitrogens with one attached hydrogen (secondary N) is 1. The fourth-order valence-corrected chi connectivity index (χ4v) is 2.20. The van der Waals surface area contributed by atoms with Crippen molar-refractivity contribution in [2.24, 2.45) is 7.05 Å². The molecule has 0 fully saturated rings. The standard InChI is InChI=1S/C17H22FN3/c1-6-10-20-17(9-4,16-12-19-13-21(16)5)14(7-2)11-15(18)8-3/h4,7-8,11-13,20H,3,6,10H2,1-2,5H3/b14-7+,15-11+. The molecule has 0 spiro atoms. The first kappa shape index (κ1) is 16.9. The van der Waals surface area contributed by atoms with E-state index in [4.69, 9.17) is 6.42 Å². The van der Waals surface area contributed by atoms with Gasteiger partial charge in [0.05, 0.1) is 18.2 Å². The monoisotopic (exact) mass is 287 g/mol. The van der Waals surface area contributed by atoms with Gasteiger partial charge < -0.3 is 4.57 Å². The average molecular weight is 287 g/mol. The van der Waals surface area contributed by atoms with Gasteiger partial charge in [0, 0.05) is 7.05 Å². The van der Waals surface area contributed by atoms with E-state index in [1.54, 1.807) is 18.6 Å². The number of aryl methyl sites for hydroxylation is 1. The van der Waals surface area contributed by atoms with E-state index >= 15 is 0 Å². The van der Waals surface area contributed by atoms with Crippen molar-refractivity contribution in [2.75, 3.05) is 6.54 Å². The minimum absolute atomic E-state index is 0.428. The molecule has 112 valence electrons. The van der Waals surface area contributed by atoms with Crippen molar-refractivity contribution in [3.8, 4) is 12.3 Å². The smallest absolute Gasteiger partial charge is 0.147 e. The Morgan fingerprint density at radius 2 is 2.38 bits per heavy atom. The maximum Gasteiger partial charge on any atom is 0.147 e. The van der Waals surface area contributed by atoms with Crippen LogP contribution >= 0.6 is 0 Å². The molecule has 4 heteroatoms. The first-order valence-corrected chi connectivity index (χ1v) is 6.91. The Hall–Kier alpha value is -2.12. The maximum absolute atomic E-state index is 13.7. The normalized spacial score (nSPS) is 15.4. The Labute approximate surface area is 126 Å². The summed E-state index contributed by atoms with van der Waals surface area (Å²) in [6, 6.07) is 0. The zero-order valence-electron chi connectivity index (χ0n) is 12.9. The van der Waals surface area contributed by atoms with Crippen molar-refractivity contribution in [1.82, 2.24) is 14.9 Å². The molecule has 1 N–H and O–H groups in total. The summed E-state index contributed by atoms with van der Waals surface area (Å²) in [5.74, 6) is 2.36. The topological polar surface area (TPSA) is 29.9 Å². The summed E-state index contributed by atoms with van der Waals surface area (Å²) in [7, 11) is 1.86. The number of terminal acetylenes is 1. The molecule has 3 nitrogen and oxygen atoms in total. The van der Waals surface area contributed by atoms with Gasteiger partial charge in [0.15, 0.2) is 0 Å². The van der Waals surface area contributed by atoms with Crippen LogP contribution in [0.1, 0.15) is 26.0 Å². The van der Waals surface area contributed by atoms with Gasteiger partial charge in [-0.2, -0.15) is 0 Å². The molecule has 0 bridgehead atoms. The van der Waals surface area contributed by atoms with Crippen molar-refractivity contribution in [3.05, 3.63) is 54.4 Å². The van der Waals surface area contributed by atoms with E-state index in [1.807, 2.05) is 25.5 Å². The van der Waals surface area contributed by atoms with Gasteiger partial charge in [-0.15, -0.1) is 6.42 Å². The van der Waals surface area contributed by atoms with Crippen LogP contribution in [-0.2, 0) is 12.6 Å². The number of aromatic nitrogens is 2. The van der Waals surface area contributed by atoms with E-state index < -0.39 is 11.4 Å². The van der Waals surface area contributed by atoms with Gasteiger partial charge in [-0.3, -0.25) is 5.32 Å². The number of halogens is 1. The Morgan fingerprint density at radius 1 is 1.67 bits per heavy atom. The molecular formula is C17H22FN3. The summed E-state index contributed by atoms with van der Waals surface area (Å²) < 4.78 is 15.5. The summed E-state index contributed by atoms with van der Waals surface area (Å²) >= 11 is 0. The van der Waals surface area contributed by atoms with Gasteiger partial charge in [-0.25, -0.2) is 9.37 Å². The first-order valence-electron chi connectivity index (χ1n) is 6.91. The molecule has 0 radical (unpaired) electrons. The third-order valence-corrected chi connectivity index (χ3v) is 3.29. The lowest BCUT2D eigenvalue weighted by molar-refractivity contribution is 0.475. The zero-order valence-corrected chi connectivity index (χ0v) is 12.9. The molecule has 1 aromatic heterocycles. The van der Waals surface area contributed by atoms with Crippen LogP contribution in [0.3, 0.4) is 0 Å². The molecule has 0 aliphatic rings. The van der Waals surface area contributed by atoms with Gasteiger partial charge in [0.2, 0.25) is 0 Å². The van der Waals surface area contributed by atoms with Crippen molar-refractivity contribution in [1.29, 1.82) is 0 Å². The largest absolute Gasteiger partial charge is 0.335 e. The lowest BCUT2D eigenvalue weighted by Gasteiger charge is -2.31. The van der Waals surface area contributed by atoms with Crippen molar-refractivity contribution in [2.45, 2.75) is 25.8 Å². The molecule has 1 rings (SSSR count). The summed E-state index contributed by atoms with van der Waals surface area (Å²) in [5.41, 5.74) is 0.523. The van der Waals surface area contributed by atoms with Gasteiger partial charge in [-0.1, -0.05) is 25.5 Å². The predicted molar refractivity (Wildman–Crippen MR) is 85.2 cm³/mol. The van der Waals surface area contributed by atoms with Gasteiger partial charge in [0.25, 0.3) is 0 Å². The van der Waals surface area contributed by atoms with E-state index in [9.17, 15) is 4.39 Å². The zero-order chi connectivity index (χ0) is 15.9. The Kier molecular flexibility index (Phi) is 6.13. The van der Waals surface area contributed by atoms with Crippen LogP contribution in [0.4, 0.5) is 4.39 Å². The van der Waals surface area contributed by atoms with Crippen molar-refractivity contribution >= 4 is 0 Å². The second-order valence-electron chi connectivity index (χ2n) is 4.69. The molecule has 0 aliphatic carbocycles. The number of nitrogens with zero attached hydrogens (tertiary/aromatic N) is 2. The van der Waals surface area contributed by atoms with Crippen molar-refractivity contribution < 1.29 is 4.39 Å². The summed E-state index contributed by atoms with van der Waals surface area (Å²) in [4.78, 5) is 4.13. The molecule has 21 heavy (non-hydrogen) atoms. The van der Waals surface area contributed by atoms with Crippen LogP contribution in [-0.4, -0.2) is 16.1 Å². The number of hydrogen-bond donors (Lipinski definition) is 1. The SMILES string of the molecule is C#CC(NCCC)(C(/C=C(/F)C=C)=C/C)c1cncn1C. The molecule has 0 aromatic carbocycles. The highest BCUT2D eigenvalue weighted by Gasteiger charge is 2.35. The quantitative estimate of drug-likeness (QED) is 0.616. The molecule has 0 saturated heterocycles.